The molecule has 2 unspecified atom stereocenters. The summed E-state index contributed by atoms with van der Waals surface area (Å²) in [6.45, 7) is 1.28. The van der Waals surface area contributed by atoms with Gasteiger partial charge in [0.25, 0.3) is 0 Å². The molecule has 0 amide bonds. The molecule has 0 radical (unpaired) electrons. The van der Waals surface area contributed by atoms with E-state index in [0.29, 0.717) is 19.3 Å². The number of halogens is 2. The smallest absolute Gasteiger partial charge is 0.311 e. The number of carboxylic acids is 1. The van der Waals surface area contributed by atoms with Crippen molar-refractivity contribution >= 4 is 27.9 Å². The Kier molecular flexibility index (Phi) is 7.76. The van der Waals surface area contributed by atoms with Crippen molar-refractivity contribution in [3.8, 4) is 12.3 Å². The third kappa shape index (κ3) is 6.03. The minimum atomic E-state index is -1.07. The molecular weight excluding hydrogens is 367 g/mol. The van der Waals surface area contributed by atoms with Crippen LogP contribution >= 0.6 is 15.9 Å². The number of aliphatic carboxylic acids is 1. The Morgan fingerprint density at radius 1 is 1.39 bits per heavy atom. The lowest BCUT2D eigenvalue weighted by molar-refractivity contribution is -0.144. The highest BCUT2D eigenvalue weighted by molar-refractivity contribution is 9.10. The van der Waals surface area contributed by atoms with Crippen LogP contribution in [0.3, 0.4) is 0 Å². The topological polar surface area (TPSA) is 63.6 Å². The second kappa shape index (κ2) is 9.31. The van der Waals surface area contributed by atoms with E-state index in [9.17, 15) is 19.1 Å². The van der Waals surface area contributed by atoms with Gasteiger partial charge in [0, 0.05) is 12.5 Å². The monoisotopic (exact) mass is 384 g/mol. The minimum Gasteiger partial charge on any atom is -0.481 e. The normalized spacial score (nSPS) is 13.0. The fourth-order valence-corrected chi connectivity index (χ4v) is 2.64. The van der Waals surface area contributed by atoms with Crippen molar-refractivity contribution < 1.29 is 23.8 Å². The van der Waals surface area contributed by atoms with Crippen LogP contribution in [0.5, 0.6) is 0 Å². The Bertz CT molecular complexity index is 609. The first-order valence-electron chi connectivity index (χ1n) is 7.16. The zero-order chi connectivity index (χ0) is 17.4. The maximum Gasteiger partial charge on any atom is 0.311 e. The van der Waals surface area contributed by atoms with Crippen LogP contribution in [0.4, 0.5) is 4.39 Å². The number of terminal acetylenes is 1. The second-order valence-corrected chi connectivity index (χ2v) is 5.94. The van der Waals surface area contributed by atoms with E-state index in [4.69, 9.17) is 11.2 Å². The summed E-state index contributed by atoms with van der Waals surface area (Å²) in [7, 11) is 0. The zero-order valence-corrected chi connectivity index (χ0v) is 14.3. The number of hydrogen-bond acceptors (Lipinski definition) is 3. The van der Waals surface area contributed by atoms with E-state index in [1.807, 2.05) is 0 Å². The van der Waals surface area contributed by atoms with Gasteiger partial charge in [0.05, 0.1) is 10.4 Å². The Hall–Kier alpha value is -1.87. The van der Waals surface area contributed by atoms with Crippen LogP contribution < -0.4 is 0 Å². The number of carbonyl (C=O) groups is 2. The van der Waals surface area contributed by atoms with Crippen molar-refractivity contribution in [2.45, 2.75) is 44.6 Å². The lowest BCUT2D eigenvalue weighted by Crippen LogP contribution is -2.15. The Labute approximate surface area is 143 Å². The van der Waals surface area contributed by atoms with Gasteiger partial charge in [-0.25, -0.2) is 4.39 Å². The molecule has 1 rings (SSSR count). The average Bonchev–Trinajstić information content (AvgIpc) is 2.48. The van der Waals surface area contributed by atoms with Crippen LogP contribution in [0.2, 0.25) is 0 Å². The van der Waals surface area contributed by atoms with Crippen LogP contribution in [-0.4, -0.2) is 23.1 Å². The zero-order valence-electron chi connectivity index (χ0n) is 12.7. The molecule has 0 fully saturated rings. The molecule has 0 bridgehead atoms. The van der Waals surface area contributed by atoms with Gasteiger partial charge >= 0.3 is 11.9 Å². The largest absolute Gasteiger partial charge is 0.481 e. The van der Waals surface area contributed by atoms with Crippen LogP contribution in [0.15, 0.2) is 22.7 Å². The van der Waals surface area contributed by atoms with Gasteiger partial charge in [0.1, 0.15) is 5.82 Å². The van der Waals surface area contributed by atoms with Crippen molar-refractivity contribution in [2.24, 2.45) is 0 Å². The SMILES string of the molecule is C#CC(CCCCC(C(=O)O)c1cccc(Br)c1F)OC(C)=O. The molecule has 0 saturated heterocycles. The molecule has 4 nitrogen and oxygen atoms in total. The summed E-state index contributed by atoms with van der Waals surface area (Å²) in [5.74, 6) is -0.638. The predicted molar refractivity (Wildman–Crippen MR) is 87.3 cm³/mol. The fraction of sp³-hybridized carbons (Fsp3) is 0.412. The Morgan fingerprint density at radius 3 is 2.61 bits per heavy atom. The maximum atomic E-state index is 14.1. The molecule has 2 atom stereocenters. The lowest BCUT2D eigenvalue weighted by Gasteiger charge is -2.15. The molecule has 0 spiro atoms. The van der Waals surface area contributed by atoms with Crippen molar-refractivity contribution in [1.29, 1.82) is 0 Å². The molecule has 0 aromatic heterocycles. The molecule has 0 saturated carbocycles. The number of benzene rings is 1. The van der Waals surface area contributed by atoms with Gasteiger partial charge in [-0.2, -0.15) is 0 Å². The van der Waals surface area contributed by atoms with E-state index in [-0.39, 0.29) is 16.5 Å². The van der Waals surface area contributed by atoms with Crippen LogP contribution in [0.25, 0.3) is 0 Å². The summed E-state index contributed by atoms with van der Waals surface area (Å²) in [5.41, 5.74) is 0.153. The van der Waals surface area contributed by atoms with Crippen LogP contribution in [-0.2, 0) is 14.3 Å². The number of carboxylic acid groups (broad SMARTS) is 1. The highest BCUT2D eigenvalue weighted by Gasteiger charge is 2.23. The second-order valence-electron chi connectivity index (χ2n) is 5.08. The average molecular weight is 385 g/mol. The summed E-state index contributed by atoms with van der Waals surface area (Å²) in [6, 6.07) is 4.60. The van der Waals surface area contributed by atoms with Gasteiger partial charge in [0.15, 0.2) is 6.10 Å². The van der Waals surface area contributed by atoms with Gasteiger partial charge in [-0.1, -0.05) is 24.5 Å². The summed E-state index contributed by atoms with van der Waals surface area (Å²) in [6.07, 6.45) is 6.49. The molecule has 124 valence electrons. The van der Waals surface area contributed by atoms with Crippen LogP contribution in [0, 0.1) is 18.2 Å². The maximum absolute atomic E-state index is 14.1. The van der Waals surface area contributed by atoms with Gasteiger partial charge in [-0.3, -0.25) is 9.59 Å². The molecule has 0 aliphatic heterocycles. The van der Waals surface area contributed by atoms with Crippen molar-refractivity contribution in [3.05, 3.63) is 34.1 Å². The number of carbonyl (C=O) groups excluding carboxylic acids is 1. The number of rotatable bonds is 8. The fourth-order valence-electron chi connectivity index (χ4n) is 2.26. The van der Waals surface area contributed by atoms with Gasteiger partial charge in [0.2, 0.25) is 0 Å². The van der Waals surface area contributed by atoms with Gasteiger partial charge in [-0.15, -0.1) is 6.42 Å². The van der Waals surface area contributed by atoms with E-state index < -0.39 is 29.8 Å². The van der Waals surface area contributed by atoms with Crippen molar-refractivity contribution in [3.63, 3.8) is 0 Å². The highest BCUT2D eigenvalue weighted by Crippen LogP contribution is 2.29. The molecule has 0 heterocycles. The van der Waals surface area contributed by atoms with E-state index >= 15 is 0 Å². The molecule has 6 heteroatoms. The summed E-state index contributed by atoms with van der Waals surface area (Å²) >= 11 is 3.06. The highest BCUT2D eigenvalue weighted by atomic mass is 79.9. The minimum absolute atomic E-state index is 0.153. The Balaban J connectivity index is 2.62. The summed E-state index contributed by atoms with van der Waals surface area (Å²) < 4.78 is 19.2. The molecule has 1 aromatic carbocycles. The molecule has 23 heavy (non-hydrogen) atoms. The summed E-state index contributed by atoms with van der Waals surface area (Å²) in [4.78, 5) is 22.3. The third-order valence-electron chi connectivity index (χ3n) is 3.36. The van der Waals surface area contributed by atoms with Gasteiger partial charge in [-0.05, 0) is 41.3 Å². The first kappa shape index (κ1) is 19.2. The first-order chi connectivity index (χ1) is 10.9. The number of hydrogen-bond donors (Lipinski definition) is 1. The number of esters is 1. The number of unbranched alkanes of at least 4 members (excludes halogenated alkanes) is 1. The number of ether oxygens (including phenoxy) is 1. The van der Waals surface area contributed by atoms with Crippen molar-refractivity contribution in [1.82, 2.24) is 0 Å². The van der Waals surface area contributed by atoms with E-state index in [0.717, 1.165) is 0 Å². The van der Waals surface area contributed by atoms with E-state index in [2.05, 4.69) is 21.9 Å². The Morgan fingerprint density at radius 2 is 2.04 bits per heavy atom. The van der Waals surface area contributed by atoms with Crippen molar-refractivity contribution in [2.75, 3.05) is 0 Å². The molecule has 1 N–H and O–H groups in total. The molecule has 1 aromatic rings. The predicted octanol–water partition coefficient (Wildman–Crippen LogP) is 3.88. The van der Waals surface area contributed by atoms with Gasteiger partial charge < -0.3 is 9.84 Å². The third-order valence-corrected chi connectivity index (χ3v) is 3.97. The molecule has 0 aliphatic carbocycles. The lowest BCUT2D eigenvalue weighted by atomic mass is 9.92. The molecule has 0 aliphatic rings. The van der Waals surface area contributed by atoms with E-state index in [1.54, 1.807) is 6.07 Å². The van der Waals surface area contributed by atoms with E-state index in [1.165, 1.54) is 19.1 Å². The summed E-state index contributed by atoms with van der Waals surface area (Å²) in [5, 5.41) is 9.33. The standard InChI is InChI=1S/C17H18BrFO4/c1-3-12(23-11(2)20)7-4-5-8-14(17(21)22)13-9-6-10-15(18)16(13)19/h1,6,9-10,12,14H,4-5,7-8H2,2H3,(H,21,22). The first-order valence-corrected chi connectivity index (χ1v) is 7.96. The quantitative estimate of drug-likeness (QED) is 0.419. The van der Waals surface area contributed by atoms with Crippen LogP contribution in [0.1, 0.15) is 44.1 Å². The molecular formula is C17H18BrFO4.